The molecule has 0 fully saturated rings. The van der Waals surface area contributed by atoms with Gasteiger partial charge in [0.2, 0.25) is 5.89 Å². The molecule has 0 aliphatic heterocycles. The first-order valence-electron chi connectivity index (χ1n) is 4.58. The third-order valence-corrected chi connectivity index (χ3v) is 1.78. The number of ether oxygens (including phenoxy) is 1. The number of rotatable bonds is 6. The maximum atomic E-state index is 11.1. The third kappa shape index (κ3) is 3.26. The van der Waals surface area contributed by atoms with Crippen LogP contribution >= 0.6 is 0 Å². The number of aromatic nitrogens is 2. The maximum Gasteiger partial charge on any atom is 0.234 e. The van der Waals surface area contributed by atoms with Crippen molar-refractivity contribution in [3.63, 3.8) is 0 Å². The van der Waals surface area contributed by atoms with Crippen LogP contribution in [0.5, 0.6) is 0 Å². The van der Waals surface area contributed by atoms with Gasteiger partial charge in [0, 0.05) is 20.0 Å². The van der Waals surface area contributed by atoms with Crippen molar-refractivity contribution in [3.8, 4) is 0 Å². The smallest absolute Gasteiger partial charge is 0.234 e. The third-order valence-electron chi connectivity index (χ3n) is 1.78. The van der Waals surface area contributed by atoms with Crippen LogP contribution in [0.15, 0.2) is 4.52 Å². The molecule has 1 aromatic rings. The lowest BCUT2D eigenvalue weighted by Crippen LogP contribution is -2.01. The summed E-state index contributed by atoms with van der Waals surface area (Å²) in [5.41, 5.74) is 0. The van der Waals surface area contributed by atoms with Crippen molar-refractivity contribution in [1.29, 1.82) is 0 Å². The summed E-state index contributed by atoms with van der Waals surface area (Å²) in [6.45, 7) is 2.37. The Labute approximate surface area is 82.4 Å². The van der Waals surface area contributed by atoms with Gasteiger partial charge in [-0.05, 0) is 0 Å². The lowest BCUT2D eigenvalue weighted by atomic mass is 10.2. The predicted molar refractivity (Wildman–Crippen MR) is 48.9 cm³/mol. The van der Waals surface area contributed by atoms with Crippen molar-refractivity contribution < 1.29 is 14.1 Å². The largest absolute Gasteiger partial charge is 0.384 e. The van der Waals surface area contributed by atoms with E-state index in [1.54, 1.807) is 7.11 Å². The van der Waals surface area contributed by atoms with Crippen molar-refractivity contribution in [3.05, 3.63) is 11.7 Å². The van der Waals surface area contributed by atoms with E-state index in [1.165, 1.54) is 0 Å². The van der Waals surface area contributed by atoms with E-state index in [1.807, 2.05) is 6.92 Å². The van der Waals surface area contributed by atoms with Gasteiger partial charge in [-0.1, -0.05) is 12.1 Å². The second-order valence-corrected chi connectivity index (χ2v) is 2.92. The molecule has 0 aliphatic rings. The standard InChI is InChI=1S/C9H14N2O3/c1-3-7(12)6-9-10-8(11-14-9)4-5-13-2/h3-6H2,1-2H3. The van der Waals surface area contributed by atoms with Crippen LogP contribution in [-0.4, -0.2) is 29.6 Å². The monoisotopic (exact) mass is 198 g/mol. The van der Waals surface area contributed by atoms with E-state index < -0.39 is 0 Å². The molecule has 0 saturated heterocycles. The molecule has 5 nitrogen and oxygen atoms in total. The second kappa shape index (κ2) is 5.49. The minimum Gasteiger partial charge on any atom is -0.384 e. The van der Waals surface area contributed by atoms with Crippen LogP contribution in [-0.2, 0) is 22.4 Å². The van der Waals surface area contributed by atoms with Crippen molar-refractivity contribution in [2.24, 2.45) is 0 Å². The van der Waals surface area contributed by atoms with Crippen LogP contribution in [0.1, 0.15) is 25.1 Å². The number of ketones is 1. The Morgan fingerprint density at radius 2 is 2.36 bits per heavy atom. The van der Waals surface area contributed by atoms with Crippen LogP contribution in [0.2, 0.25) is 0 Å². The summed E-state index contributed by atoms with van der Waals surface area (Å²) in [6.07, 6.45) is 1.34. The average molecular weight is 198 g/mol. The Bertz CT molecular complexity index is 296. The quantitative estimate of drug-likeness (QED) is 0.675. The number of hydrogen-bond acceptors (Lipinski definition) is 5. The Balaban J connectivity index is 2.46. The molecule has 78 valence electrons. The lowest BCUT2D eigenvalue weighted by molar-refractivity contribution is -0.118. The molecule has 0 aromatic carbocycles. The Hall–Kier alpha value is -1.23. The number of hydrogen-bond donors (Lipinski definition) is 0. The van der Waals surface area contributed by atoms with Gasteiger partial charge in [0.05, 0.1) is 13.0 Å². The highest BCUT2D eigenvalue weighted by molar-refractivity contribution is 5.79. The molecule has 0 aliphatic carbocycles. The predicted octanol–water partition coefficient (Wildman–Crippen LogP) is 0.780. The van der Waals surface area contributed by atoms with Crippen LogP contribution in [0.4, 0.5) is 0 Å². The highest BCUT2D eigenvalue weighted by atomic mass is 16.5. The van der Waals surface area contributed by atoms with Crippen LogP contribution in [0.25, 0.3) is 0 Å². The molecular formula is C9H14N2O3. The fourth-order valence-corrected chi connectivity index (χ4v) is 0.951. The Morgan fingerprint density at radius 1 is 1.57 bits per heavy atom. The maximum absolute atomic E-state index is 11.1. The molecule has 1 heterocycles. The molecule has 0 spiro atoms. The fourth-order valence-electron chi connectivity index (χ4n) is 0.951. The number of carbonyl (C=O) groups is 1. The molecule has 5 heteroatoms. The van der Waals surface area contributed by atoms with E-state index in [2.05, 4.69) is 10.1 Å². The Kier molecular flexibility index (Phi) is 4.25. The van der Waals surface area contributed by atoms with Crippen LogP contribution < -0.4 is 0 Å². The highest BCUT2D eigenvalue weighted by Gasteiger charge is 2.09. The highest BCUT2D eigenvalue weighted by Crippen LogP contribution is 2.01. The van der Waals surface area contributed by atoms with Crippen molar-refractivity contribution in [2.45, 2.75) is 26.2 Å². The van der Waals surface area contributed by atoms with Gasteiger partial charge in [0.25, 0.3) is 0 Å². The zero-order valence-corrected chi connectivity index (χ0v) is 8.45. The summed E-state index contributed by atoms with van der Waals surface area (Å²) >= 11 is 0. The van der Waals surface area contributed by atoms with Crippen LogP contribution in [0.3, 0.4) is 0 Å². The van der Waals surface area contributed by atoms with E-state index in [9.17, 15) is 4.79 Å². The molecule has 0 saturated carbocycles. The Morgan fingerprint density at radius 3 is 3.00 bits per heavy atom. The van der Waals surface area contributed by atoms with Gasteiger partial charge < -0.3 is 9.26 Å². The van der Waals surface area contributed by atoms with E-state index in [4.69, 9.17) is 9.26 Å². The van der Waals surface area contributed by atoms with E-state index in [0.717, 1.165) is 0 Å². The van der Waals surface area contributed by atoms with Gasteiger partial charge in [-0.3, -0.25) is 4.79 Å². The fraction of sp³-hybridized carbons (Fsp3) is 0.667. The van der Waals surface area contributed by atoms with Crippen molar-refractivity contribution >= 4 is 5.78 Å². The topological polar surface area (TPSA) is 65.2 Å². The first-order valence-corrected chi connectivity index (χ1v) is 4.58. The average Bonchev–Trinajstić information content (AvgIpc) is 2.62. The molecule has 0 N–H and O–H groups in total. The van der Waals surface area contributed by atoms with Gasteiger partial charge in [-0.15, -0.1) is 0 Å². The van der Waals surface area contributed by atoms with Gasteiger partial charge in [-0.25, -0.2) is 0 Å². The zero-order valence-electron chi connectivity index (χ0n) is 8.45. The molecule has 1 rings (SSSR count). The number of carbonyl (C=O) groups excluding carboxylic acids is 1. The molecule has 0 amide bonds. The van der Waals surface area contributed by atoms with E-state index in [0.29, 0.717) is 31.2 Å². The van der Waals surface area contributed by atoms with Gasteiger partial charge in [-0.2, -0.15) is 4.98 Å². The van der Waals surface area contributed by atoms with Gasteiger partial charge in [0.15, 0.2) is 5.82 Å². The first kappa shape index (κ1) is 10.8. The number of nitrogens with zero attached hydrogens (tertiary/aromatic N) is 2. The van der Waals surface area contributed by atoms with Crippen molar-refractivity contribution in [2.75, 3.05) is 13.7 Å². The SMILES string of the molecule is CCC(=O)Cc1nc(CCOC)no1. The number of Topliss-reactive ketones (excluding diaryl/α,β-unsaturated/α-hetero) is 1. The first-order chi connectivity index (χ1) is 6.76. The molecule has 0 bridgehead atoms. The van der Waals surface area contributed by atoms with Crippen molar-refractivity contribution in [1.82, 2.24) is 10.1 Å². The van der Waals surface area contributed by atoms with Gasteiger partial charge >= 0.3 is 0 Å². The van der Waals surface area contributed by atoms with Crippen LogP contribution in [0, 0.1) is 0 Å². The molecule has 0 radical (unpaired) electrons. The molecular weight excluding hydrogens is 184 g/mol. The molecule has 0 unspecified atom stereocenters. The summed E-state index contributed by atoms with van der Waals surface area (Å²) in [7, 11) is 1.61. The summed E-state index contributed by atoms with van der Waals surface area (Å²) in [5.74, 6) is 1.08. The molecule has 1 aromatic heterocycles. The zero-order chi connectivity index (χ0) is 10.4. The number of methoxy groups -OCH3 is 1. The van der Waals surface area contributed by atoms with E-state index in [-0.39, 0.29) is 12.2 Å². The normalized spacial score (nSPS) is 10.4. The lowest BCUT2D eigenvalue weighted by Gasteiger charge is -1.90. The summed E-state index contributed by atoms with van der Waals surface area (Å²) in [4.78, 5) is 15.1. The summed E-state index contributed by atoms with van der Waals surface area (Å²) in [6, 6.07) is 0. The summed E-state index contributed by atoms with van der Waals surface area (Å²) < 4.78 is 9.77. The second-order valence-electron chi connectivity index (χ2n) is 2.92. The molecule has 0 atom stereocenters. The minimum atomic E-state index is 0.104. The van der Waals surface area contributed by atoms with E-state index >= 15 is 0 Å². The molecule has 14 heavy (non-hydrogen) atoms. The van der Waals surface area contributed by atoms with Gasteiger partial charge in [0.1, 0.15) is 5.78 Å². The minimum absolute atomic E-state index is 0.104. The summed E-state index contributed by atoms with van der Waals surface area (Å²) in [5, 5.41) is 3.72.